The normalized spacial score (nSPS) is 20.6. The molecule has 66 valence electrons. The molecule has 4 heteroatoms. The van der Waals surface area contributed by atoms with Crippen LogP contribution in [0.3, 0.4) is 0 Å². The second kappa shape index (κ2) is 2.70. The summed E-state index contributed by atoms with van der Waals surface area (Å²) in [6, 6.07) is 0. The fraction of sp³-hybridized carbons (Fsp3) is 0.625. The first-order valence-electron chi connectivity index (χ1n) is 3.94. The molecule has 1 N–H and O–H groups in total. The van der Waals surface area contributed by atoms with Crippen molar-refractivity contribution in [2.75, 3.05) is 0 Å². The summed E-state index contributed by atoms with van der Waals surface area (Å²) in [4.78, 5) is 0. The van der Waals surface area contributed by atoms with E-state index in [0.717, 1.165) is 10.1 Å². The highest BCUT2D eigenvalue weighted by Crippen LogP contribution is 2.28. The van der Waals surface area contributed by atoms with E-state index >= 15 is 0 Å². The molecule has 0 amide bonds. The second-order valence-corrected chi connectivity index (χ2v) is 4.72. The van der Waals surface area contributed by atoms with E-state index in [-0.39, 0.29) is 5.60 Å². The summed E-state index contributed by atoms with van der Waals surface area (Å²) in [5.41, 5.74) is 2.42. The number of aromatic nitrogens is 2. The van der Waals surface area contributed by atoms with Crippen molar-refractivity contribution in [3.63, 3.8) is 0 Å². The van der Waals surface area contributed by atoms with Gasteiger partial charge in [-0.05, 0) is 36.4 Å². The molecular weight excluding hydrogens is 267 g/mol. The summed E-state index contributed by atoms with van der Waals surface area (Å²) < 4.78 is 6.71. The average Bonchev–Trinajstić information content (AvgIpc) is 2.30. The highest BCUT2D eigenvalue weighted by molar-refractivity contribution is 14.1. The molecular formula is C8H11IN2O. The molecule has 0 atom stereocenters. The summed E-state index contributed by atoms with van der Waals surface area (Å²) >= 11 is 2.23. The lowest BCUT2D eigenvalue weighted by Gasteiger charge is -2.29. The maximum Gasteiger partial charge on any atom is 0.128 e. The number of hydrogen-bond donors (Lipinski definition) is 1. The summed E-state index contributed by atoms with van der Waals surface area (Å²) in [5, 5.41) is 7.19. The summed E-state index contributed by atoms with van der Waals surface area (Å²) in [5.74, 6) is 0. The monoisotopic (exact) mass is 278 g/mol. The van der Waals surface area contributed by atoms with E-state index < -0.39 is 0 Å². The molecule has 1 aliphatic rings. The van der Waals surface area contributed by atoms with Gasteiger partial charge in [0.05, 0.1) is 12.2 Å². The van der Waals surface area contributed by atoms with E-state index in [0.29, 0.717) is 6.61 Å². The van der Waals surface area contributed by atoms with Crippen molar-refractivity contribution in [2.24, 2.45) is 0 Å². The molecule has 0 saturated carbocycles. The van der Waals surface area contributed by atoms with Crippen molar-refractivity contribution in [1.29, 1.82) is 0 Å². The van der Waals surface area contributed by atoms with E-state index in [9.17, 15) is 0 Å². The number of nitrogens with one attached hydrogen (secondary N) is 1. The molecule has 0 fully saturated rings. The minimum absolute atomic E-state index is 0.0391. The third-order valence-corrected chi connectivity index (χ3v) is 3.00. The van der Waals surface area contributed by atoms with Crippen LogP contribution in [0.2, 0.25) is 0 Å². The second-order valence-electron chi connectivity index (χ2n) is 3.70. The van der Waals surface area contributed by atoms with Gasteiger partial charge in [-0.2, -0.15) is 5.10 Å². The van der Waals surface area contributed by atoms with E-state index in [1.54, 1.807) is 0 Å². The zero-order chi connectivity index (χ0) is 8.77. The molecule has 0 saturated heterocycles. The number of rotatable bonds is 0. The van der Waals surface area contributed by atoms with E-state index in [4.69, 9.17) is 4.74 Å². The fourth-order valence-corrected chi connectivity index (χ4v) is 2.02. The Morgan fingerprint density at radius 1 is 1.58 bits per heavy atom. The highest BCUT2D eigenvalue weighted by atomic mass is 127. The van der Waals surface area contributed by atoms with Gasteiger partial charge in [0.2, 0.25) is 0 Å². The number of fused-ring (bicyclic) bond motifs is 1. The number of halogens is 1. The van der Waals surface area contributed by atoms with Crippen molar-refractivity contribution in [3.8, 4) is 0 Å². The molecule has 1 aromatic rings. The topological polar surface area (TPSA) is 37.9 Å². The van der Waals surface area contributed by atoms with Crippen molar-refractivity contribution in [1.82, 2.24) is 10.2 Å². The number of aromatic amines is 1. The lowest BCUT2D eigenvalue weighted by molar-refractivity contribution is -0.0409. The zero-order valence-corrected chi connectivity index (χ0v) is 9.31. The van der Waals surface area contributed by atoms with Crippen molar-refractivity contribution in [2.45, 2.75) is 32.5 Å². The molecule has 2 rings (SSSR count). The first-order valence-corrected chi connectivity index (χ1v) is 5.02. The molecule has 0 aromatic carbocycles. The van der Waals surface area contributed by atoms with Crippen LogP contribution in [0.4, 0.5) is 0 Å². The molecule has 0 unspecified atom stereocenters. The molecule has 1 aliphatic heterocycles. The van der Waals surface area contributed by atoms with Gasteiger partial charge in [0.25, 0.3) is 0 Å². The van der Waals surface area contributed by atoms with Crippen LogP contribution in [-0.4, -0.2) is 15.8 Å². The highest BCUT2D eigenvalue weighted by Gasteiger charge is 2.28. The van der Waals surface area contributed by atoms with Gasteiger partial charge < -0.3 is 4.74 Å². The smallest absolute Gasteiger partial charge is 0.128 e. The van der Waals surface area contributed by atoms with Crippen molar-refractivity contribution in [3.05, 3.63) is 15.0 Å². The average molecular weight is 278 g/mol. The summed E-state index contributed by atoms with van der Waals surface area (Å²) in [6.07, 6.45) is 0.929. The van der Waals surface area contributed by atoms with Gasteiger partial charge in [0, 0.05) is 17.7 Å². The SMILES string of the molecule is CC1(C)Cc2[nH]nc(I)c2CO1. The van der Waals surface area contributed by atoms with Gasteiger partial charge in [-0.1, -0.05) is 0 Å². The predicted octanol–water partition coefficient (Wildman–Crippen LogP) is 1.87. The van der Waals surface area contributed by atoms with Crippen LogP contribution < -0.4 is 0 Å². The Kier molecular flexibility index (Phi) is 1.91. The molecule has 0 spiro atoms. The van der Waals surface area contributed by atoms with Gasteiger partial charge in [-0.15, -0.1) is 0 Å². The van der Waals surface area contributed by atoms with Crippen LogP contribution in [0.25, 0.3) is 0 Å². The molecule has 1 aromatic heterocycles. The lowest BCUT2D eigenvalue weighted by Crippen LogP contribution is -2.31. The van der Waals surface area contributed by atoms with Crippen LogP contribution in [0.1, 0.15) is 25.1 Å². The van der Waals surface area contributed by atoms with E-state index in [1.807, 2.05) is 0 Å². The Balaban J connectivity index is 2.37. The standard InChI is InChI=1S/C8H11IN2O/c1-8(2)3-6-5(4-12-8)7(9)11-10-6/h3-4H2,1-2H3,(H,10,11). The minimum Gasteiger partial charge on any atom is -0.370 e. The Labute approximate surface area is 85.0 Å². The van der Waals surface area contributed by atoms with Crippen molar-refractivity contribution >= 4 is 22.6 Å². The quantitative estimate of drug-likeness (QED) is 0.736. The number of H-pyrrole nitrogens is 1. The molecule has 0 aliphatic carbocycles. The zero-order valence-electron chi connectivity index (χ0n) is 7.15. The van der Waals surface area contributed by atoms with E-state index in [2.05, 4.69) is 46.6 Å². The Hall–Kier alpha value is -0.100. The predicted molar refractivity (Wildman–Crippen MR) is 53.9 cm³/mol. The van der Waals surface area contributed by atoms with Gasteiger partial charge in [0.1, 0.15) is 3.70 Å². The molecule has 0 radical (unpaired) electrons. The van der Waals surface area contributed by atoms with Crippen LogP contribution in [0.5, 0.6) is 0 Å². The minimum atomic E-state index is -0.0391. The fourth-order valence-electron chi connectivity index (χ4n) is 1.41. The van der Waals surface area contributed by atoms with Crippen LogP contribution in [0.15, 0.2) is 0 Å². The van der Waals surface area contributed by atoms with Gasteiger partial charge in [-0.3, -0.25) is 5.10 Å². The Bertz CT molecular complexity index is 306. The van der Waals surface area contributed by atoms with Gasteiger partial charge >= 0.3 is 0 Å². The van der Waals surface area contributed by atoms with Crippen molar-refractivity contribution < 1.29 is 4.74 Å². The molecule has 2 heterocycles. The first kappa shape index (κ1) is 8.50. The first-order chi connectivity index (χ1) is 5.58. The largest absolute Gasteiger partial charge is 0.370 e. The Morgan fingerprint density at radius 2 is 2.33 bits per heavy atom. The third-order valence-electron chi connectivity index (χ3n) is 2.11. The van der Waals surface area contributed by atoms with Gasteiger partial charge in [0.15, 0.2) is 0 Å². The maximum atomic E-state index is 5.67. The molecule has 3 nitrogen and oxygen atoms in total. The Morgan fingerprint density at radius 3 is 3.08 bits per heavy atom. The number of hydrogen-bond acceptors (Lipinski definition) is 2. The molecule has 12 heavy (non-hydrogen) atoms. The van der Waals surface area contributed by atoms with Crippen LogP contribution >= 0.6 is 22.6 Å². The van der Waals surface area contributed by atoms with Crippen LogP contribution in [0, 0.1) is 3.70 Å². The number of nitrogens with zero attached hydrogens (tertiary/aromatic N) is 1. The summed E-state index contributed by atoms with van der Waals surface area (Å²) in [6.45, 7) is 4.89. The number of ether oxygens (including phenoxy) is 1. The van der Waals surface area contributed by atoms with Crippen LogP contribution in [-0.2, 0) is 17.8 Å². The maximum absolute atomic E-state index is 5.67. The lowest BCUT2D eigenvalue weighted by atomic mass is 9.98. The third kappa shape index (κ3) is 1.37. The van der Waals surface area contributed by atoms with E-state index in [1.165, 1.54) is 11.3 Å². The van der Waals surface area contributed by atoms with Gasteiger partial charge in [-0.25, -0.2) is 0 Å². The molecule has 0 bridgehead atoms. The summed E-state index contributed by atoms with van der Waals surface area (Å²) in [7, 11) is 0.